The largest absolute Gasteiger partial charge is 0.382 e. The maximum atomic E-state index is 5.93. The first kappa shape index (κ1) is 11.0. The molecule has 0 aliphatic heterocycles. The van der Waals surface area contributed by atoms with Crippen LogP contribution in [0.5, 0.6) is 0 Å². The molecule has 0 amide bonds. The molecule has 6 heteroatoms. The number of nitrogens with one attached hydrogen (secondary N) is 2. The van der Waals surface area contributed by atoms with Crippen molar-refractivity contribution < 1.29 is 0 Å². The molecule has 0 atom stereocenters. The number of halogens is 1. The number of aromatic amines is 2. The number of anilines is 1. The molecule has 2 heterocycles. The van der Waals surface area contributed by atoms with Gasteiger partial charge in [-0.1, -0.05) is 28.1 Å². The quantitative estimate of drug-likeness (QED) is 0.680. The van der Waals surface area contributed by atoms with Crippen LogP contribution in [0.1, 0.15) is 0 Å². The van der Waals surface area contributed by atoms with Crippen molar-refractivity contribution in [2.75, 3.05) is 5.73 Å². The molecule has 0 radical (unpaired) electrons. The molecule has 2 aromatic heterocycles. The molecule has 90 valence electrons. The average Bonchev–Trinajstić information content (AvgIpc) is 2.99. The van der Waals surface area contributed by atoms with Crippen LogP contribution in [0.2, 0.25) is 0 Å². The van der Waals surface area contributed by atoms with Crippen LogP contribution in [0, 0.1) is 0 Å². The minimum Gasteiger partial charge on any atom is -0.382 e. The van der Waals surface area contributed by atoms with Crippen molar-refractivity contribution in [3.8, 4) is 22.4 Å². The van der Waals surface area contributed by atoms with E-state index in [4.69, 9.17) is 5.73 Å². The highest BCUT2D eigenvalue weighted by molar-refractivity contribution is 9.10. The Morgan fingerprint density at radius 1 is 1.11 bits per heavy atom. The van der Waals surface area contributed by atoms with Crippen LogP contribution in [0.4, 0.5) is 5.82 Å². The summed E-state index contributed by atoms with van der Waals surface area (Å²) in [4.78, 5) is 0. The Balaban J connectivity index is 2.17. The third-order valence-corrected chi connectivity index (χ3v) is 3.24. The number of H-pyrrole nitrogens is 2. The van der Waals surface area contributed by atoms with Gasteiger partial charge in [0, 0.05) is 16.2 Å². The van der Waals surface area contributed by atoms with Gasteiger partial charge in [0.05, 0.1) is 17.5 Å². The minimum atomic E-state index is 0.480. The molecule has 0 spiro atoms. The molecular formula is C12H10BrN5. The third-order valence-electron chi connectivity index (χ3n) is 2.71. The Bertz CT molecular complexity index is 654. The van der Waals surface area contributed by atoms with E-state index in [1.807, 2.05) is 24.3 Å². The van der Waals surface area contributed by atoms with E-state index in [-0.39, 0.29) is 0 Å². The second-order valence-electron chi connectivity index (χ2n) is 3.85. The fraction of sp³-hybridized carbons (Fsp3) is 0. The molecular weight excluding hydrogens is 294 g/mol. The van der Waals surface area contributed by atoms with E-state index >= 15 is 0 Å². The lowest BCUT2D eigenvalue weighted by Gasteiger charge is -2.03. The second kappa shape index (κ2) is 4.30. The Morgan fingerprint density at radius 2 is 1.89 bits per heavy atom. The first-order chi connectivity index (χ1) is 8.75. The van der Waals surface area contributed by atoms with Crippen LogP contribution in [-0.2, 0) is 0 Å². The zero-order valence-electron chi connectivity index (χ0n) is 9.31. The average molecular weight is 304 g/mol. The summed E-state index contributed by atoms with van der Waals surface area (Å²) in [6, 6.07) is 7.94. The summed E-state index contributed by atoms with van der Waals surface area (Å²) in [5, 5.41) is 13.7. The molecule has 0 unspecified atom stereocenters. The van der Waals surface area contributed by atoms with Crippen LogP contribution in [-0.4, -0.2) is 20.4 Å². The van der Waals surface area contributed by atoms with E-state index in [0.29, 0.717) is 5.82 Å². The van der Waals surface area contributed by atoms with E-state index < -0.39 is 0 Å². The van der Waals surface area contributed by atoms with Crippen LogP contribution >= 0.6 is 15.9 Å². The topological polar surface area (TPSA) is 83.4 Å². The van der Waals surface area contributed by atoms with E-state index in [1.54, 1.807) is 12.4 Å². The van der Waals surface area contributed by atoms with Crippen molar-refractivity contribution in [1.82, 2.24) is 20.4 Å². The normalized spacial score (nSPS) is 10.7. The lowest BCUT2D eigenvalue weighted by Crippen LogP contribution is -1.88. The molecule has 0 saturated carbocycles. The van der Waals surface area contributed by atoms with Crippen LogP contribution in [0.3, 0.4) is 0 Å². The molecule has 3 rings (SSSR count). The molecule has 1 aromatic carbocycles. The molecule has 0 bridgehead atoms. The highest BCUT2D eigenvalue weighted by Crippen LogP contribution is 2.34. The number of hydrogen-bond acceptors (Lipinski definition) is 3. The highest BCUT2D eigenvalue weighted by atomic mass is 79.9. The molecule has 0 saturated heterocycles. The molecule has 0 fully saturated rings. The summed E-state index contributed by atoms with van der Waals surface area (Å²) in [7, 11) is 0. The number of hydrogen-bond donors (Lipinski definition) is 3. The molecule has 5 nitrogen and oxygen atoms in total. The van der Waals surface area contributed by atoms with Gasteiger partial charge in [0.2, 0.25) is 0 Å². The molecule has 0 aliphatic carbocycles. The molecule has 18 heavy (non-hydrogen) atoms. The Morgan fingerprint density at radius 3 is 2.56 bits per heavy atom. The summed E-state index contributed by atoms with van der Waals surface area (Å²) in [6.07, 6.45) is 3.53. The number of benzene rings is 1. The number of nitrogens with two attached hydrogens (primary N) is 1. The second-order valence-corrected chi connectivity index (χ2v) is 4.77. The van der Waals surface area contributed by atoms with Crippen molar-refractivity contribution in [1.29, 1.82) is 0 Å². The first-order valence-corrected chi connectivity index (χ1v) is 6.14. The summed E-state index contributed by atoms with van der Waals surface area (Å²) < 4.78 is 1.03. The standard InChI is InChI=1S/C12H10BrN5/c13-9-3-1-7(2-4-9)10-11(17-18-12(10)14)8-5-15-16-6-8/h1-6H,(H,15,16)(H3,14,17,18). The fourth-order valence-corrected chi connectivity index (χ4v) is 2.13. The summed E-state index contributed by atoms with van der Waals surface area (Å²) in [6.45, 7) is 0. The van der Waals surface area contributed by atoms with Crippen molar-refractivity contribution in [3.63, 3.8) is 0 Å². The van der Waals surface area contributed by atoms with Gasteiger partial charge in [0.15, 0.2) is 5.82 Å². The fourth-order valence-electron chi connectivity index (χ4n) is 1.86. The predicted molar refractivity (Wildman–Crippen MR) is 73.7 cm³/mol. The summed E-state index contributed by atoms with van der Waals surface area (Å²) >= 11 is 3.41. The van der Waals surface area contributed by atoms with Crippen molar-refractivity contribution in [2.24, 2.45) is 0 Å². The van der Waals surface area contributed by atoms with Gasteiger partial charge in [0.1, 0.15) is 0 Å². The molecule has 3 aromatic rings. The van der Waals surface area contributed by atoms with Gasteiger partial charge in [-0.05, 0) is 17.7 Å². The highest BCUT2D eigenvalue weighted by Gasteiger charge is 2.15. The lowest BCUT2D eigenvalue weighted by molar-refractivity contribution is 1.09. The zero-order chi connectivity index (χ0) is 12.5. The van der Waals surface area contributed by atoms with Gasteiger partial charge in [-0.3, -0.25) is 10.2 Å². The van der Waals surface area contributed by atoms with Crippen molar-refractivity contribution in [2.45, 2.75) is 0 Å². The van der Waals surface area contributed by atoms with Crippen molar-refractivity contribution >= 4 is 21.7 Å². The molecule has 0 aliphatic rings. The summed E-state index contributed by atoms with van der Waals surface area (Å²) in [5.74, 6) is 0.480. The Hall–Kier alpha value is -2.08. The van der Waals surface area contributed by atoms with E-state index in [0.717, 1.165) is 26.9 Å². The number of nitrogen functional groups attached to an aromatic ring is 1. The SMILES string of the molecule is Nc1n[nH]c(-c2cn[nH]c2)c1-c1ccc(Br)cc1. The van der Waals surface area contributed by atoms with E-state index in [9.17, 15) is 0 Å². The lowest BCUT2D eigenvalue weighted by atomic mass is 10.0. The van der Waals surface area contributed by atoms with Gasteiger partial charge in [-0.15, -0.1) is 0 Å². The van der Waals surface area contributed by atoms with E-state index in [2.05, 4.69) is 36.3 Å². The first-order valence-electron chi connectivity index (χ1n) is 5.34. The number of rotatable bonds is 2. The van der Waals surface area contributed by atoms with Crippen molar-refractivity contribution in [3.05, 3.63) is 41.1 Å². The van der Waals surface area contributed by atoms with Gasteiger partial charge in [-0.25, -0.2) is 0 Å². The maximum Gasteiger partial charge on any atom is 0.153 e. The Labute approximate surface area is 112 Å². The zero-order valence-corrected chi connectivity index (χ0v) is 10.9. The number of aromatic nitrogens is 4. The van der Waals surface area contributed by atoms with Crippen LogP contribution in [0.25, 0.3) is 22.4 Å². The third kappa shape index (κ3) is 1.80. The van der Waals surface area contributed by atoms with Gasteiger partial charge < -0.3 is 5.73 Å². The molecule has 4 N–H and O–H groups in total. The monoisotopic (exact) mass is 303 g/mol. The summed E-state index contributed by atoms with van der Waals surface area (Å²) in [5.41, 5.74) is 9.63. The predicted octanol–water partition coefficient (Wildman–Crippen LogP) is 2.81. The van der Waals surface area contributed by atoms with Crippen LogP contribution < -0.4 is 5.73 Å². The minimum absolute atomic E-state index is 0.480. The van der Waals surface area contributed by atoms with Gasteiger partial charge in [0.25, 0.3) is 0 Å². The van der Waals surface area contributed by atoms with Gasteiger partial charge in [-0.2, -0.15) is 10.2 Å². The number of nitrogens with zero attached hydrogens (tertiary/aromatic N) is 2. The smallest absolute Gasteiger partial charge is 0.153 e. The Kier molecular flexibility index (Phi) is 2.64. The van der Waals surface area contributed by atoms with Crippen LogP contribution in [0.15, 0.2) is 41.1 Å². The maximum absolute atomic E-state index is 5.93. The van der Waals surface area contributed by atoms with Gasteiger partial charge >= 0.3 is 0 Å². The van der Waals surface area contributed by atoms with E-state index in [1.165, 1.54) is 0 Å².